The van der Waals surface area contributed by atoms with Crippen molar-refractivity contribution in [2.75, 3.05) is 13.1 Å². The van der Waals surface area contributed by atoms with Crippen LogP contribution in [0.15, 0.2) is 80.9 Å². The second-order valence-corrected chi connectivity index (χ2v) is 9.36. The highest BCUT2D eigenvalue weighted by molar-refractivity contribution is 7.99. The van der Waals surface area contributed by atoms with Crippen molar-refractivity contribution in [3.8, 4) is 11.3 Å². The van der Waals surface area contributed by atoms with E-state index in [0.717, 1.165) is 24.4 Å². The smallest absolute Gasteiger partial charge is 0.287 e. The second-order valence-electron chi connectivity index (χ2n) is 8.22. The summed E-state index contributed by atoms with van der Waals surface area (Å²) in [6.45, 7) is 4.53. The molecule has 3 aromatic rings. The SMILES string of the molecule is CC1C(NC(=O)c2ccc(-c3ccc(Sc4ccccc4)cc3)o2)C2CCN1CC2. The van der Waals surface area contributed by atoms with E-state index in [9.17, 15) is 4.79 Å². The van der Waals surface area contributed by atoms with Gasteiger partial charge in [-0.3, -0.25) is 9.69 Å². The summed E-state index contributed by atoms with van der Waals surface area (Å²) in [5.74, 6) is 1.58. The molecule has 3 aliphatic rings. The molecule has 0 spiro atoms. The molecule has 0 radical (unpaired) electrons. The molecule has 2 aromatic carbocycles. The Morgan fingerprint density at radius 1 is 0.967 bits per heavy atom. The Bertz CT molecular complexity index is 1010. The Morgan fingerprint density at radius 3 is 2.37 bits per heavy atom. The summed E-state index contributed by atoms with van der Waals surface area (Å²) in [6.07, 6.45) is 2.35. The van der Waals surface area contributed by atoms with E-state index in [4.69, 9.17) is 4.42 Å². The summed E-state index contributed by atoms with van der Waals surface area (Å²) >= 11 is 1.73. The normalized spacial score (nSPS) is 25.2. The molecule has 5 heteroatoms. The van der Waals surface area contributed by atoms with Gasteiger partial charge in [0.1, 0.15) is 5.76 Å². The van der Waals surface area contributed by atoms with Crippen molar-refractivity contribution >= 4 is 17.7 Å². The van der Waals surface area contributed by atoms with Crippen molar-refractivity contribution in [3.05, 3.63) is 72.5 Å². The van der Waals surface area contributed by atoms with Gasteiger partial charge >= 0.3 is 0 Å². The van der Waals surface area contributed by atoms with Gasteiger partial charge in [-0.2, -0.15) is 0 Å². The van der Waals surface area contributed by atoms with E-state index in [-0.39, 0.29) is 11.9 Å². The van der Waals surface area contributed by atoms with Crippen LogP contribution in [0.2, 0.25) is 0 Å². The van der Waals surface area contributed by atoms with Gasteiger partial charge < -0.3 is 9.73 Å². The lowest BCUT2D eigenvalue weighted by molar-refractivity contribution is 0.0211. The van der Waals surface area contributed by atoms with Gasteiger partial charge in [0.05, 0.1) is 0 Å². The van der Waals surface area contributed by atoms with Crippen LogP contribution < -0.4 is 5.32 Å². The van der Waals surface area contributed by atoms with Crippen molar-refractivity contribution in [2.45, 2.75) is 41.6 Å². The van der Waals surface area contributed by atoms with Gasteiger partial charge in [-0.15, -0.1) is 0 Å². The molecule has 2 unspecified atom stereocenters. The number of carbonyl (C=O) groups is 1. The van der Waals surface area contributed by atoms with E-state index >= 15 is 0 Å². The van der Waals surface area contributed by atoms with Crippen LogP contribution in [-0.2, 0) is 0 Å². The van der Waals surface area contributed by atoms with E-state index in [1.807, 2.05) is 36.4 Å². The molecule has 3 fully saturated rings. The zero-order valence-corrected chi connectivity index (χ0v) is 17.9. The first-order valence-corrected chi connectivity index (χ1v) is 11.5. The molecular weight excluding hydrogens is 392 g/mol. The number of furan rings is 1. The van der Waals surface area contributed by atoms with Crippen LogP contribution in [0.25, 0.3) is 11.3 Å². The molecule has 0 aliphatic carbocycles. The molecule has 2 bridgehead atoms. The lowest BCUT2D eigenvalue weighted by atomic mass is 9.79. The Kier molecular flexibility index (Phi) is 5.40. The fourth-order valence-electron chi connectivity index (χ4n) is 4.69. The van der Waals surface area contributed by atoms with Gasteiger partial charge in [-0.25, -0.2) is 0 Å². The largest absolute Gasteiger partial charge is 0.451 e. The minimum Gasteiger partial charge on any atom is -0.451 e. The molecule has 4 nitrogen and oxygen atoms in total. The van der Waals surface area contributed by atoms with Crippen LogP contribution in [-0.4, -0.2) is 36.0 Å². The van der Waals surface area contributed by atoms with E-state index in [1.54, 1.807) is 17.8 Å². The van der Waals surface area contributed by atoms with Gasteiger partial charge in [0, 0.05) is 27.4 Å². The van der Waals surface area contributed by atoms with Gasteiger partial charge in [0.2, 0.25) is 0 Å². The summed E-state index contributed by atoms with van der Waals surface area (Å²) in [4.78, 5) is 17.7. The quantitative estimate of drug-likeness (QED) is 0.610. The predicted octanol–water partition coefficient (Wildman–Crippen LogP) is 5.31. The average molecular weight is 419 g/mol. The Balaban J connectivity index is 1.25. The highest BCUT2D eigenvalue weighted by Gasteiger charge is 2.40. The molecular formula is C25H26N2O2S. The molecule has 1 amide bonds. The number of fused-ring (bicyclic) bond motifs is 3. The standard InChI is InChI=1S/C25H26N2O2S/c1-17-24(19-13-15-27(17)16-14-19)26-25(28)23-12-11-22(29-23)18-7-9-21(10-8-18)30-20-5-3-2-4-6-20/h2-12,17,19,24H,13-16H2,1H3,(H,26,28). The van der Waals surface area contributed by atoms with Crippen LogP contribution >= 0.6 is 11.8 Å². The number of nitrogens with zero attached hydrogens (tertiary/aromatic N) is 1. The van der Waals surface area contributed by atoms with Gasteiger partial charge in [-0.1, -0.05) is 42.1 Å². The summed E-state index contributed by atoms with van der Waals surface area (Å²) in [6, 6.07) is 22.8. The van der Waals surface area contributed by atoms with E-state index < -0.39 is 0 Å². The second kappa shape index (κ2) is 8.32. The maximum atomic E-state index is 12.8. The molecule has 3 saturated heterocycles. The third-order valence-corrected chi connectivity index (χ3v) is 7.44. The fraction of sp³-hybridized carbons (Fsp3) is 0.320. The first-order valence-electron chi connectivity index (χ1n) is 10.7. The maximum Gasteiger partial charge on any atom is 0.287 e. The monoisotopic (exact) mass is 418 g/mol. The third kappa shape index (κ3) is 3.92. The zero-order chi connectivity index (χ0) is 20.5. The Labute approximate surface area is 181 Å². The van der Waals surface area contributed by atoms with Crippen LogP contribution in [0.3, 0.4) is 0 Å². The minimum absolute atomic E-state index is 0.108. The molecule has 1 aromatic heterocycles. The maximum absolute atomic E-state index is 12.8. The number of rotatable bonds is 5. The molecule has 2 atom stereocenters. The van der Waals surface area contributed by atoms with Gasteiger partial charge in [-0.05, 0) is 75.2 Å². The van der Waals surface area contributed by atoms with Crippen LogP contribution in [0, 0.1) is 5.92 Å². The van der Waals surface area contributed by atoms with E-state index in [2.05, 4.69) is 41.4 Å². The molecule has 154 valence electrons. The summed E-state index contributed by atoms with van der Waals surface area (Å²) < 4.78 is 5.91. The average Bonchev–Trinajstić information content (AvgIpc) is 3.28. The van der Waals surface area contributed by atoms with E-state index in [0.29, 0.717) is 17.7 Å². The first-order chi connectivity index (χ1) is 14.7. The predicted molar refractivity (Wildman–Crippen MR) is 120 cm³/mol. The Morgan fingerprint density at radius 2 is 1.67 bits per heavy atom. The summed E-state index contributed by atoms with van der Waals surface area (Å²) in [5, 5.41) is 3.24. The number of amides is 1. The zero-order valence-electron chi connectivity index (χ0n) is 17.1. The molecule has 0 saturated carbocycles. The van der Waals surface area contributed by atoms with Crippen molar-refractivity contribution < 1.29 is 9.21 Å². The number of piperidine rings is 3. The lowest BCUT2D eigenvalue weighted by Gasteiger charge is -2.49. The topological polar surface area (TPSA) is 45.5 Å². The molecule has 4 heterocycles. The number of hydrogen-bond donors (Lipinski definition) is 1. The van der Waals surface area contributed by atoms with Crippen LogP contribution in [0.1, 0.15) is 30.3 Å². The summed E-state index contributed by atoms with van der Waals surface area (Å²) in [7, 11) is 0. The van der Waals surface area contributed by atoms with Crippen molar-refractivity contribution in [2.24, 2.45) is 5.92 Å². The molecule has 1 N–H and O–H groups in total. The van der Waals surface area contributed by atoms with Crippen LogP contribution in [0.5, 0.6) is 0 Å². The highest BCUT2D eigenvalue weighted by Crippen LogP contribution is 2.33. The van der Waals surface area contributed by atoms with E-state index in [1.165, 1.54) is 22.6 Å². The number of hydrogen-bond acceptors (Lipinski definition) is 4. The Hall–Kier alpha value is -2.50. The van der Waals surface area contributed by atoms with Crippen molar-refractivity contribution in [1.29, 1.82) is 0 Å². The fourth-order valence-corrected chi connectivity index (χ4v) is 5.53. The number of nitrogens with one attached hydrogen (secondary N) is 1. The molecule has 30 heavy (non-hydrogen) atoms. The van der Waals surface area contributed by atoms with Gasteiger partial charge in [0.15, 0.2) is 5.76 Å². The number of benzene rings is 2. The highest BCUT2D eigenvalue weighted by atomic mass is 32.2. The van der Waals surface area contributed by atoms with Crippen LogP contribution in [0.4, 0.5) is 0 Å². The van der Waals surface area contributed by atoms with Crippen molar-refractivity contribution in [3.63, 3.8) is 0 Å². The summed E-state index contributed by atoms with van der Waals surface area (Å²) in [5.41, 5.74) is 0.975. The minimum atomic E-state index is -0.108. The number of carbonyl (C=O) groups excluding carboxylic acids is 1. The third-order valence-electron chi connectivity index (χ3n) is 6.42. The lowest BCUT2D eigenvalue weighted by Crippen LogP contribution is -2.62. The van der Waals surface area contributed by atoms with Gasteiger partial charge in [0.25, 0.3) is 5.91 Å². The first kappa shape index (κ1) is 19.5. The molecule has 3 aliphatic heterocycles. The van der Waals surface area contributed by atoms with Crippen molar-refractivity contribution in [1.82, 2.24) is 10.2 Å². The molecule has 6 rings (SSSR count).